The van der Waals surface area contributed by atoms with Gasteiger partial charge in [0.1, 0.15) is 6.17 Å². The summed E-state index contributed by atoms with van der Waals surface area (Å²) in [6, 6.07) is 0. The maximum atomic E-state index is 13.7. The lowest BCUT2D eigenvalue weighted by Gasteiger charge is -2.44. The van der Waals surface area contributed by atoms with E-state index in [4.69, 9.17) is 0 Å². The second-order valence-corrected chi connectivity index (χ2v) is 7.90. The number of hydrogen-bond acceptors (Lipinski definition) is 1. The number of fused-ring (bicyclic) bond motifs is 1. The fourth-order valence-corrected chi connectivity index (χ4v) is 4.69. The molecule has 2 heteroatoms. The van der Waals surface area contributed by atoms with E-state index in [9.17, 15) is 4.39 Å². The number of nitrogens with zero attached hydrogens (tertiary/aromatic N) is 1. The second kappa shape index (κ2) is 3.26. The zero-order valence-electron chi connectivity index (χ0n) is 11.7. The first-order valence-electron chi connectivity index (χ1n) is 7.21. The van der Waals surface area contributed by atoms with Crippen LogP contribution in [0.4, 0.5) is 4.39 Å². The second-order valence-electron chi connectivity index (χ2n) is 7.90. The van der Waals surface area contributed by atoms with Crippen LogP contribution in [0.15, 0.2) is 0 Å². The van der Waals surface area contributed by atoms with Crippen molar-refractivity contribution in [2.45, 2.75) is 65.1 Å². The molecular weight excluding hydrogens is 213 g/mol. The van der Waals surface area contributed by atoms with Crippen LogP contribution in [0.2, 0.25) is 0 Å². The molecule has 0 aromatic heterocycles. The van der Waals surface area contributed by atoms with Crippen LogP contribution < -0.4 is 0 Å². The Morgan fingerprint density at radius 1 is 1.35 bits per heavy atom. The lowest BCUT2D eigenvalue weighted by Crippen LogP contribution is -2.48. The molecule has 2 saturated heterocycles. The predicted octanol–water partition coefficient (Wildman–Crippen LogP) is 3.64. The normalized spacial score (nSPS) is 48.0. The molecule has 1 nitrogen and oxygen atoms in total. The highest BCUT2D eigenvalue weighted by atomic mass is 19.1. The molecule has 0 N–H and O–H groups in total. The average molecular weight is 239 g/mol. The summed E-state index contributed by atoms with van der Waals surface area (Å²) >= 11 is 0. The molecular formula is C15H26FN. The topological polar surface area (TPSA) is 3.24 Å². The summed E-state index contributed by atoms with van der Waals surface area (Å²) in [6.07, 6.45) is 3.97. The van der Waals surface area contributed by atoms with Crippen molar-refractivity contribution in [1.29, 1.82) is 0 Å². The van der Waals surface area contributed by atoms with E-state index in [-0.39, 0.29) is 5.41 Å². The van der Waals surface area contributed by atoms with Crippen molar-refractivity contribution < 1.29 is 4.39 Å². The lowest BCUT2D eigenvalue weighted by atomic mass is 9.66. The molecule has 1 aliphatic carbocycles. The van der Waals surface area contributed by atoms with Gasteiger partial charge in [-0.05, 0) is 43.6 Å². The first kappa shape index (κ1) is 12.0. The van der Waals surface area contributed by atoms with E-state index in [1.807, 2.05) is 0 Å². The number of halogens is 1. The molecule has 1 spiro atoms. The van der Waals surface area contributed by atoms with E-state index in [2.05, 4.69) is 32.6 Å². The highest BCUT2D eigenvalue weighted by Crippen LogP contribution is 2.67. The predicted molar refractivity (Wildman–Crippen MR) is 68.7 cm³/mol. The summed E-state index contributed by atoms with van der Waals surface area (Å²) < 4.78 is 13.7. The van der Waals surface area contributed by atoms with Gasteiger partial charge in [-0.15, -0.1) is 0 Å². The van der Waals surface area contributed by atoms with Crippen LogP contribution in [-0.4, -0.2) is 29.7 Å². The molecule has 0 unspecified atom stereocenters. The van der Waals surface area contributed by atoms with Crippen molar-refractivity contribution in [3.63, 3.8) is 0 Å². The van der Waals surface area contributed by atoms with Gasteiger partial charge in [-0.1, -0.05) is 27.7 Å². The SMILES string of the molecule is CC(C)C[C@]12C[C@]3(C[C@H]3F)CN1CCC2(C)C. The third-order valence-corrected chi connectivity index (χ3v) is 5.86. The van der Waals surface area contributed by atoms with Gasteiger partial charge in [0.25, 0.3) is 0 Å². The van der Waals surface area contributed by atoms with Gasteiger partial charge in [0, 0.05) is 17.5 Å². The zero-order chi connectivity index (χ0) is 12.5. The summed E-state index contributed by atoms with van der Waals surface area (Å²) in [6.45, 7) is 11.7. The maximum Gasteiger partial charge on any atom is 0.108 e. The van der Waals surface area contributed by atoms with Gasteiger partial charge in [-0.3, -0.25) is 4.90 Å². The Morgan fingerprint density at radius 2 is 2.00 bits per heavy atom. The minimum Gasteiger partial charge on any atom is -0.296 e. The molecule has 98 valence electrons. The summed E-state index contributed by atoms with van der Waals surface area (Å²) in [4.78, 5) is 2.65. The third kappa shape index (κ3) is 1.46. The van der Waals surface area contributed by atoms with Crippen LogP contribution in [-0.2, 0) is 0 Å². The van der Waals surface area contributed by atoms with Crippen molar-refractivity contribution in [2.24, 2.45) is 16.7 Å². The molecule has 0 bridgehead atoms. The number of hydrogen-bond donors (Lipinski definition) is 0. The zero-order valence-corrected chi connectivity index (χ0v) is 11.7. The number of rotatable bonds is 2. The van der Waals surface area contributed by atoms with E-state index in [1.165, 1.54) is 19.4 Å². The lowest BCUT2D eigenvalue weighted by molar-refractivity contribution is 0.0691. The molecule has 3 fully saturated rings. The highest BCUT2D eigenvalue weighted by Gasteiger charge is 2.70. The molecule has 0 aromatic carbocycles. The molecule has 0 aromatic rings. The van der Waals surface area contributed by atoms with Crippen molar-refractivity contribution in [1.82, 2.24) is 4.90 Å². The van der Waals surface area contributed by atoms with Gasteiger partial charge in [-0.2, -0.15) is 0 Å². The smallest absolute Gasteiger partial charge is 0.108 e. The minimum absolute atomic E-state index is 0.0621. The van der Waals surface area contributed by atoms with Crippen LogP contribution in [0.1, 0.15) is 53.4 Å². The highest BCUT2D eigenvalue weighted by molar-refractivity contribution is 5.22. The van der Waals surface area contributed by atoms with Crippen LogP contribution in [0.25, 0.3) is 0 Å². The Labute approximate surface area is 105 Å². The molecule has 17 heavy (non-hydrogen) atoms. The van der Waals surface area contributed by atoms with Crippen molar-refractivity contribution in [3.05, 3.63) is 0 Å². The Hall–Kier alpha value is -0.110. The molecule has 2 heterocycles. The van der Waals surface area contributed by atoms with E-state index in [1.54, 1.807) is 0 Å². The number of alkyl halides is 1. The van der Waals surface area contributed by atoms with Crippen molar-refractivity contribution in [3.8, 4) is 0 Å². The first-order chi connectivity index (χ1) is 7.81. The average Bonchev–Trinajstić information content (AvgIpc) is 2.57. The Kier molecular flexibility index (Phi) is 2.29. The quantitative estimate of drug-likeness (QED) is 0.711. The Morgan fingerprint density at radius 3 is 2.53 bits per heavy atom. The van der Waals surface area contributed by atoms with Gasteiger partial charge in [0.15, 0.2) is 0 Å². The summed E-state index contributed by atoms with van der Waals surface area (Å²) in [5, 5.41) is 0. The fraction of sp³-hybridized carbons (Fsp3) is 1.00. The molecule has 3 atom stereocenters. The molecule has 2 aliphatic heterocycles. The minimum atomic E-state index is -0.507. The summed E-state index contributed by atoms with van der Waals surface area (Å²) in [7, 11) is 0. The Bertz CT molecular complexity index is 338. The standard InChI is InChI=1S/C15H26FN/c1-11(2)7-15-9-14(8-12(14)16)10-17(15)6-5-13(15,3)4/h11-12H,5-10H2,1-4H3/t12-,14-,15-/m1/s1. The summed E-state index contributed by atoms with van der Waals surface area (Å²) in [5.74, 6) is 0.710. The largest absolute Gasteiger partial charge is 0.296 e. The van der Waals surface area contributed by atoms with Gasteiger partial charge in [0.2, 0.25) is 0 Å². The van der Waals surface area contributed by atoms with Gasteiger partial charge in [0.05, 0.1) is 0 Å². The van der Waals surface area contributed by atoms with E-state index < -0.39 is 6.17 Å². The molecule has 3 aliphatic rings. The maximum absolute atomic E-state index is 13.7. The summed E-state index contributed by atoms with van der Waals surface area (Å²) in [5.41, 5.74) is 0.720. The molecule has 1 saturated carbocycles. The van der Waals surface area contributed by atoms with Crippen LogP contribution in [0, 0.1) is 16.7 Å². The van der Waals surface area contributed by atoms with Crippen LogP contribution >= 0.6 is 0 Å². The van der Waals surface area contributed by atoms with E-state index >= 15 is 0 Å². The van der Waals surface area contributed by atoms with Gasteiger partial charge >= 0.3 is 0 Å². The fourth-order valence-electron chi connectivity index (χ4n) is 4.69. The Balaban J connectivity index is 1.93. The monoisotopic (exact) mass is 239 g/mol. The first-order valence-corrected chi connectivity index (χ1v) is 7.21. The van der Waals surface area contributed by atoms with Crippen LogP contribution in [0.5, 0.6) is 0 Å². The third-order valence-electron chi connectivity index (χ3n) is 5.86. The molecule has 0 amide bonds. The van der Waals surface area contributed by atoms with Crippen molar-refractivity contribution in [2.75, 3.05) is 13.1 Å². The van der Waals surface area contributed by atoms with E-state index in [0.717, 1.165) is 19.4 Å². The molecule has 0 radical (unpaired) electrons. The van der Waals surface area contributed by atoms with Crippen molar-refractivity contribution >= 4 is 0 Å². The van der Waals surface area contributed by atoms with E-state index in [0.29, 0.717) is 16.9 Å². The van der Waals surface area contributed by atoms with Gasteiger partial charge < -0.3 is 0 Å². The molecule has 3 rings (SSSR count). The van der Waals surface area contributed by atoms with Crippen LogP contribution in [0.3, 0.4) is 0 Å². The van der Waals surface area contributed by atoms with Gasteiger partial charge in [-0.25, -0.2) is 4.39 Å².